The summed E-state index contributed by atoms with van der Waals surface area (Å²) in [7, 11) is 0. The Bertz CT molecular complexity index is 1090. The van der Waals surface area contributed by atoms with Gasteiger partial charge >= 0.3 is 0 Å². The summed E-state index contributed by atoms with van der Waals surface area (Å²) < 4.78 is 1.60. The predicted molar refractivity (Wildman–Crippen MR) is 133 cm³/mol. The first kappa shape index (κ1) is 23.3. The second-order valence-corrected chi connectivity index (χ2v) is 10.4. The number of carbonyl (C=O) groups is 4. The summed E-state index contributed by atoms with van der Waals surface area (Å²) in [5.41, 5.74) is 1.13. The fourth-order valence-corrected chi connectivity index (χ4v) is 5.71. The van der Waals surface area contributed by atoms with Crippen molar-refractivity contribution in [3.8, 4) is 0 Å². The van der Waals surface area contributed by atoms with Crippen molar-refractivity contribution in [2.24, 2.45) is 0 Å². The highest BCUT2D eigenvalue weighted by molar-refractivity contribution is 9.10. The zero-order valence-corrected chi connectivity index (χ0v) is 21.4. The maximum absolute atomic E-state index is 13.1. The SMILES string of the molecule is O=C1CC(N2CCN(C3CC(=O)N(c4cccc(Br)c4)C3=O)CC2)C(=O)N1c1cccc(Br)c1. The molecule has 2 aromatic carbocycles. The summed E-state index contributed by atoms with van der Waals surface area (Å²) in [5, 5.41) is 0. The summed E-state index contributed by atoms with van der Waals surface area (Å²) in [6.07, 6.45) is 0.283. The van der Waals surface area contributed by atoms with Gasteiger partial charge in [-0.1, -0.05) is 44.0 Å². The molecular formula is C24H22Br2N4O4. The summed E-state index contributed by atoms with van der Waals surface area (Å²) in [5.74, 6) is -0.859. The summed E-state index contributed by atoms with van der Waals surface area (Å²) in [6.45, 7) is 2.19. The van der Waals surface area contributed by atoms with Crippen molar-refractivity contribution >= 4 is 66.9 Å². The number of halogens is 2. The third-order valence-corrected chi connectivity index (χ3v) is 7.60. The van der Waals surface area contributed by atoms with E-state index in [1.165, 1.54) is 9.80 Å². The average Bonchev–Trinajstić information content (AvgIpc) is 3.28. The van der Waals surface area contributed by atoms with Crippen LogP contribution in [0.3, 0.4) is 0 Å². The molecule has 0 bridgehead atoms. The molecule has 0 N–H and O–H groups in total. The molecule has 10 heteroatoms. The molecule has 3 aliphatic heterocycles. The van der Waals surface area contributed by atoms with Crippen LogP contribution in [0.2, 0.25) is 0 Å². The first-order valence-electron chi connectivity index (χ1n) is 11.1. The van der Waals surface area contributed by atoms with Crippen molar-refractivity contribution in [3.05, 3.63) is 57.5 Å². The van der Waals surface area contributed by atoms with Crippen molar-refractivity contribution < 1.29 is 19.2 Å². The Balaban J connectivity index is 1.24. The van der Waals surface area contributed by atoms with E-state index < -0.39 is 12.1 Å². The van der Waals surface area contributed by atoms with E-state index in [9.17, 15) is 19.2 Å². The molecule has 3 heterocycles. The Morgan fingerprint density at radius 3 is 1.35 bits per heavy atom. The molecule has 0 aliphatic carbocycles. The normalized spacial score (nSPS) is 24.5. The van der Waals surface area contributed by atoms with Crippen molar-refractivity contribution in [2.75, 3.05) is 36.0 Å². The van der Waals surface area contributed by atoms with Crippen LogP contribution in [0.5, 0.6) is 0 Å². The molecule has 5 rings (SSSR count). The monoisotopic (exact) mass is 588 g/mol. The maximum Gasteiger partial charge on any atom is 0.251 e. The largest absolute Gasteiger partial charge is 0.289 e. The summed E-state index contributed by atoms with van der Waals surface area (Å²) in [4.78, 5) is 58.1. The van der Waals surface area contributed by atoms with Gasteiger partial charge in [0.05, 0.1) is 36.3 Å². The van der Waals surface area contributed by atoms with Gasteiger partial charge in [-0.05, 0) is 36.4 Å². The van der Waals surface area contributed by atoms with Gasteiger partial charge in [-0.2, -0.15) is 0 Å². The standard InChI is InChI=1S/C24H22Br2N4O4/c25-15-3-1-5-17(11-15)29-21(31)13-19(23(29)33)27-7-9-28(10-8-27)20-14-22(32)30(24(20)34)18-6-2-4-16(26)12-18/h1-6,11-12,19-20H,7-10,13-14H2. The maximum atomic E-state index is 13.1. The topological polar surface area (TPSA) is 81.2 Å². The second kappa shape index (κ2) is 9.33. The van der Waals surface area contributed by atoms with Crippen LogP contribution in [0, 0.1) is 0 Å². The van der Waals surface area contributed by atoms with Gasteiger partial charge in [-0.25, -0.2) is 9.80 Å². The molecule has 2 aromatic rings. The lowest BCUT2D eigenvalue weighted by Crippen LogP contribution is -2.56. The number of amides is 4. The van der Waals surface area contributed by atoms with Gasteiger partial charge in [-0.15, -0.1) is 0 Å². The molecular weight excluding hydrogens is 568 g/mol. The van der Waals surface area contributed by atoms with Crippen molar-refractivity contribution in [3.63, 3.8) is 0 Å². The fraction of sp³-hybridized carbons (Fsp3) is 0.333. The van der Waals surface area contributed by atoms with E-state index in [0.29, 0.717) is 37.6 Å². The lowest BCUT2D eigenvalue weighted by molar-refractivity contribution is -0.126. The van der Waals surface area contributed by atoms with E-state index in [4.69, 9.17) is 0 Å². The fourth-order valence-electron chi connectivity index (χ4n) is 4.94. The second-order valence-electron chi connectivity index (χ2n) is 8.61. The van der Waals surface area contributed by atoms with Crippen LogP contribution in [-0.2, 0) is 19.2 Å². The van der Waals surface area contributed by atoms with Crippen molar-refractivity contribution in [2.45, 2.75) is 24.9 Å². The number of piperazine rings is 1. The molecule has 3 fully saturated rings. The molecule has 3 saturated heterocycles. The van der Waals surface area contributed by atoms with Crippen LogP contribution in [0.1, 0.15) is 12.8 Å². The molecule has 0 radical (unpaired) electrons. The van der Waals surface area contributed by atoms with Gasteiger partial charge < -0.3 is 0 Å². The quantitative estimate of drug-likeness (QED) is 0.510. The van der Waals surface area contributed by atoms with Gasteiger partial charge in [0.25, 0.3) is 11.8 Å². The Hall–Kier alpha value is -2.40. The van der Waals surface area contributed by atoms with Crippen LogP contribution in [0.15, 0.2) is 57.5 Å². The van der Waals surface area contributed by atoms with Crippen LogP contribution >= 0.6 is 31.9 Å². The number of rotatable bonds is 4. The number of hydrogen-bond acceptors (Lipinski definition) is 6. The lowest BCUT2D eigenvalue weighted by Gasteiger charge is -2.38. The zero-order chi connectivity index (χ0) is 24.0. The van der Waals surface area contributed by atoms with Crippen LogP contribution in [0.25, 0.3) is 0 Å². The molecule has 8 nitrogen and oxygen atoms in total. The predicted octanol–water partition coefficient (Wildman–Crippen LogP) is 2.79. The molecule has 176 valence electrons. The molecule has 3 aliphatic rings. The number of carbonyl (C=O) groups excluding carboxylic acids is 4. The van der Waals surface area contributed by atoms with E-state index in [1.54, 1.807) is 36.4 Å². The lowest BCUT2D eigenvalue weighted by atomic mass is 10.1. The summed E-state index contributed by atoms with van der Waals surface area (Å²) in [6, 6.07) is 13.3. The third kappa shape index (κ3) is 4.24. The molecule has 2 atom stereocenters. The van der Waals surface area contributed by atoms with E-state index in [0.717, 1.165) is 8.95 Å². The van der Waals surface area contributed by atoms with E-state index >= 15 is 0 Å². The van der Waals surface area contributed by atoms with Gasteiger partial charge in [0.15, 0.2) is 0 Å². The number of nitrogens with zero attached hydrogens (tertiary/aromatic N) is 4. The van der Waals surface area contributed by atoms with Crippen LogP contribution < -0.4 is 9.80 Å². The van der Waals surface area contributed by atoms with Crippen LogP contribution in [0.4, 0.5) is 11.4 Å². The van der Waals surface area contributed by atoms with Gasteiger partial charge in [0, 0.05) is 35.1 Å². The van der Waals surface area contributed by atoms with E-state index in [1.807, 2.05) is 21.9 Å². The van der Waals surface area contributed by atoms with Gasteiger partial charge in [0.1, 0.15) is 0 Å². The average molecular weight is 590 g/mol. The molecule has 0 spiro atoms. The van der Waals surface area contributed by atoms with Gasteiger partial charge in [0.2, 0.25) is 11.8 Å². The summed E-state index contributed by atoms with van der Waals surface area (Å²) >= 11 is 6.78. The molecule has 34 heavy (non-hydrogen) atoms. The Labute approximate surface area is 213 Å². The first-order chi connectivity index (χ1) is 16.3. The zero-order valence-electron chi connectivity index (χ0n) is 18.2. The molecule has 4 amide bonds. The molecule has 0 aromatic heterocycles. The smallest absolute Gasteiger partial charge is 0.251 e. The minimum absolute atomic E-state index is 0.142. The van der Waals surface area contributed by atoms with E-state index in [-0.39, 0.29) is 36.5 Å². The number of benzene rings is 2. The number of anilines is 2. The van der Waals surface area contributed by atoms with Crippen LogP contribution in [-0.4, -0.2) is 71.7 Å². The third-order valence-electron chi connectivity index (χ3n) is 6.61. The molecule has 0 saturated carbocycles. The first-order valence-corrected chi connectivity index (χ1v) is 12.6. The highest BCUT2D eigenvalue weighted by atomic mass is 79.9. The van der Waals surface area contributed by atoms with E-state index in [2.05, 4.69) is 31.9 Å². The molecule has 2 unspecified atom stereocenters. The Kier molecular flexibility index (Phi) is 6.41. The number of imide groups is 2. The Morgan fingerprint density at radius 1 is 0.618 bits per heavy atom. The minimum atomic E-state index is -0.507. The van der Waals surface area contributed by atoms with Crippen molar-refractivity contribution in [1.82, 2.24) is 9.80 Å². The Morgan fingerprint density at radius 2 is 1.00 bits per heavy atom. The van der Waals surface area contributed by atoms with Gasteiger partial charge in [-0.3, -0.25) is 29.0 Å². The highest BCUT2D eigenvalue weighted by Crippen LogP contribution is 2.31. The van der Waals surface area contributed by atoms with Crippen molar-refractivity contribution in [1.29, 1.82) is 0 Å². The minimum Gasteiger partial charge on any atom is -0.289 e. The number of hydrogen-bond donors (Lipinski definition) is 0. The highest BCUT2D eigenvalue weighted by Gasteiger charge is 2.46.